The topological polar surface area (TPSA) is 51.0 Å². The monoisotopic (exact) mass is 390 g/mol. The van der Waals surface area contributed by atoms with Crippen molar-refractivity contribution in [3.05, 3.63) is 83.3 Å². The summed E-state index contributed by atoms with van der Waals surface area (Å²) in [4.78, 5) is 18.3. The number of nitrogens with zero attached hydrogens (tertiary/aromatic N) is 4. The van der Waals surface area contributed by atoms with Gasteiger partial charge in [-0.2, -0.15) is 5.10 Å². The van der Waals surface area contributed by atoms with Gasteiger partial charge in [-0.1, -0.05) is 12.1 Å². The Morgan fingerprint density at radius 3 is 2.76 bits per heavy atom. The molecule has 0 spiro atoms. The van der Waals surface area contributed by atoms with Gasteiger partial charge in [-0.25, -0.2) is 8.78 Å². The molecule has 1 aliphatic rings. The minimum atomic E-state index is -0.444. The largest absolute Gasteiger partial charge is 0.328 e. The maximum Gasteiger partial charge on any atom is 0.256 e. The van der Waals surface area contributed by atoms with Crippen molar-refractivity contribution in [3.8, 4) is 11.1 Å². The number of halogens is 2. The highest BCUT2D eigenvalue weighted by molar-refractivity contribution is 5.97. The first-order chi connectivity index (χ1) is 14.0. The molecule has 0 saturated carbocycles. The van der Waals surface area contributed by atoms with Crippen molar-refractivity contribution in [2.45, 2.75) is 13.1 Å². The molecule has 144 valence electrons. The summed E-state index contributed by atoms with van der Waals surface area (Å²) in [7, 11) is 1.76. The fourth-order valence-corrected chi connectivity index (χ4v) is 3.80. The molecular formula is C22H16F2N4O. The Balaban J connectivity index is 1.47. The van der Waals surface area contributed by atoms with E-state index in [-0.39, 0.29) is 12.5 Å². The standard InChI is InChI=1S/C22H16F2N4O/c1-27-11-18-17(8-15(23)9-20(18)26-27)13-4-5-14(19(24)7-13)10-28-12-21-16(22(28)29)3-2-6-25-21/h2-9,11H,10,12H2,1H3. The molecule has 7 heteroatoms. The Kier molecular flexibility index (Phi) is 3.91. The molecule has 1 aliphatic heterocycles. The van der Waals surface area contributed by atoms with Gasteiger partial charge in [0, 0.05) is 43.0 Å². The number of carbonyl (C=O) groups excluding carboxylic acids is 1. The fourth-order valence-electron chi connectivity index (χ4n) is 3.80. The van der Waals surface area contributed by atoms with Crippen molar-refractivity contribution in [3.63, 3.8) is 0 Å². The van der Waals surface area contributed by atoms with Crippen LogP contribution in [0.25, 0.3) is 22.0 Å². The average Bonchev–Trinajstić information content (AvgIpc) is 3.22. The van der Waals surface area contributed by atoms with Crippen LogP contribution in [-0.4, -0.2) is 25.6 Å². The molecule has 0 N–H and O–H groups in total. The first kappa shape index (κ1) is 17.5. The summed E-state index contributed by atoms with van der Waals surface area (Å²) in [5.74, 6) is -1.03. The first-order valence-electron chi connectivity index (χ1n) is 9.14. The molecule has 3 heterocycles. The summed E-state index contributed by atoms with van der Waals surface area (Å²) >= 11 is 0. The van der Waals surface area contributed by atoms with Gasteiger partial charge in [0.25, 0.3) is 5.91 Å². The number of rotatable bonds is 3. The third-order valence-electron chi connectivity index (χ3n) is 5.18. The van der Waals surface area contributed by atoms with E-state index in [9.17, 15) is 13.6 Å². The number of fused-ring (bicyclic) bond motifs is 2. The minimum absolute atomic E-state index is 0.146. The lowest BCUT2D eigenvalue weighted by Gasteiger charge is -2.16. The van der Waals surface area contributed by atoms with E-state index in [1.807, 2.05) is 0 Å². The van der Waals surface area contributed by atoms with E-state index >= 15 is 0 Å². The maximum atomic E-state index is 14.9. The van der Waals surface area contributed by atoms with E-state index in [0.717, 1.165) is 5.39 Å². The van der Waals surface area contributed by atoms with Crippen molar-refractivity contribution in [1.29, 1.82) is 0 Å². The second-order valence-corrected chi connectivity index (χ2v) is 7.15. The van der Waals surface area contributed by atoms with Crippen molar-refractivity contribution in [2.75, 3.05) is 0 Å². The van der Waals surface area contributed by atoms with Crippen LogP contribution >= 0.6 is 0 Å². The molecule has 4 aromatic rings. The highest BCUT2D eigenvalue weighted by Crippen LogP contribution is 2.31. The van der Waals surface area contributed by atoms with Crippen LogP contribution in [0.5, 0.6) is 0 Å². The average molecular weight is 390 g/mol. The van der Waals surface area contributed by atoms with Crippen molar-refractivity contribution in [2.24, 2.45) is 7.05 Å². The van der Waals surface area contributed by atoms with E-state index in [4.69, 9.17) is 0 Å². The van der Waals surface area contributed by atoms with Crippen LogP contribution in [0.1, 0.15) is 21.6 Å². The van der Waals surface area contributed by atoms with E-state index in [0.29, 0.717) is 40.0 Å². The second-order valence-electron chi connectivity index (χ2n) is 7.15. The van der Waals surface area contributed by atoms with Crippen LogP contribution in [0, 0.1) is 11.6 Å². The van der Waals surface area contributed by atoms with E-state index < -0.39 is 11.6 Å². The molecule has 0 radical (unpaired) electrons. The number of benzene rings is 2. The van der Waals surface area contributed by atoms with E-state index in [1.165, 1.54) is 18.2 Å². The van der Waals surface area contributed by atoms with Gasteiger partial charge in [-0.15, -0.1) is 0 Å². The van der Waals surface area contributed by atoms with Gasteiger partial charge in [0.2, 0.25) is 0 Å². The second kappa shape index (κ2) is 6.48. The SMILES string of the molecule is Cn1cc2c(-c3ccc(CN4Cc5ncccc5C4=O)c(F)c3)cc(F)cc2n1. The van der Waals surface area contributed by atoms with Crippen LogP contribution in [-0.2, 0) is 20.1 Å². The molecule has 2 aromatic heterocycles. The third-order valence-corrected chi connectivity index (χ3v) is 5.18. The van der Waals surface area contributed by atoms with Gasteiger partial charge in [0.1, 0.15) is 11.6 Å². The molecule has 0 atom stereocenters. The van der Waals surface area contributed by atoms with Gasteiger partial charge >= 0.3 is 0 Å². The summed E-state index contributed by atoms with van der Waals surface area (Å²) in [5, 5.41) is 4.98. The number of amides is 1. The molecule has 0 aliphatic carbocycles. The maximum absolute atomic E-state index is 14.9. The van der Waals surface area contributed by atoms with Gasteiger partial charge < -0.3 is 4.90 Å². The number of hydrogen-bond acceptors (Lipinski definition) is 3. The van der Waals surface area contributed by atoms with Crippen molar-refractivity contribution >= 4 is 16.8 Å². The van der Waals surface area contributed by atoms with Crippen LogP contribution in [0.2, 0.25) is 0 Å². The van der Waals surface area contributed by atoms with Crippen LogP contribution < -0.4 is 0 Å². The molecule has 2 aromatic carbocycles. The van der Waals surface area contributed by atoms with Crippen LogP contribution in [0.4, 0.5) is 8.78 Å². The summed E-state index contributed by atoms with van der Waals surface area (Å²) in [5.41, 5.74) is 3.30. The Bertz CT molecular complexity index is 1280. The number of pyridine rings is 1. The summed E-state index contributed by atoms with van der Waals surface area (Å²) < 4.78 is 30.5. The van der Waals surface area contributed by atoms with Gasteiger partial charge in [0.05, 0.1) is 23.3 Å². The predicted octanol–water partition coefficient (Wildman–Crippen LogP) is 4.07. The molecular weight excluding hydrogens is 374 g/mol. The molecule has 0 saturated heterocycles. The van der Waals surface area contributed by atoms with E-state index in [2.05, 4.69) is 10.1 Å². The number of aromatic nitrogens is 3. The fraction of sp³-hybridized carbons (Fsp3) is 0.136. The van der Waals surface area contributed by atoms with Gasteiger partial charge in [0.15, 0.2) is 0 Å². The summed E-state index contributed by atoms with van der Waals surface area (Å²) in [6, 6.07) is 10.9. The smallest absolute Gasteiger partial charge is 0.256 e. The molecule has 0 unspecified atom stereocenters. The van der Waals surface area contributed by atoms with Crippen molar-refractivity contribution in [1.82, 2.24) is 19.7 Å². The zero-order valence-electron chi connectivity index (χ0n) is 15.6. The number of carbonyl (C=O) groups is 1. The molecule has 0 fully saturated rings. The number of aryl methyl sites for hydroxylation is 1. The first-order valence-corrected chi connectivity index (χ1v) is 9.14. The quantitative estimate of drug-likeness (QED) is 0.530. The third kappa shape index (κ3) is 2.95. The molecule has 29 heavy (non-hydrogen) atoms. The highest BCUT2D eigenvalue weighted by Gasteiger charge is 2.28. The summed E-state index contributed by atoms with van der Waals surface area (Å²) in [6.45, 7) is 0.503. The molecule has 5 rings (SSSR count). The Labute approximate surface area is 165 Å². The normalized spacial score (nSPS) is 13.3. The lowest BCUT2D eigenvalue weighted by molar-refractivity contribution is 0.0765. The van der Waals surface area contributed by atoms with E-state index in [1.54, 1.807) is 53.3 Å². The Hall–Kier alpha value is -3.61. The lowest BCUT2D eigenvalue weighted by atomic mass is 10.00. The van der Waals surface area contributed by atoms with Gasteiger partial charge in [-0.3, -0.25) is 14.5 Å². The molecule has 1 amide bonds. The van der Waals surface area contributed by atoms with Crippen molar-refractivity contribution < 1.29 is 13.6 Å². The molecule has 0 bridgehead atoms. The Morgan fingerprint density at radius 1 is 1.10 bits per heavy atom. The number of hydrogen-bond donors (Lipinski definition) is 0. The lowest BCUT2D eigenvalue weighted by Crippen LogP contribution is -2.23. The minimum Gasteiger partial charge on any atom is -0.328 e. The van der Waals surface area contributed by atoms with Crippen LogP contribution in [0.3, 0.4) is 0 Å². The van der Waals surface area contributed by atoms with Crippen LogP contribution in [0.15, 0.2) is 54.9 Å². The summed E-state index contributed by atoms with van der Waals surface area (Å²) in [6.07, 6.45) is 3.42. The zero-order valence-corrected chi connectivity index (χ0v) is 15.6. The zero-order chi connectivity index (χ0) is 20.1. The Morgan fingerprint density at radius 2 is 1.97 bits per heavy atom. The van der Waals surface area contributed by atoms with Gasteiger partial charge in [-0.05, 0) is 35.4 Å². The highest BCUT2D eigenvalue weighted by atomic mass is 19.1. The molecule has 5 nitrogen and oxygen atoms in total. The predicted molar refractivity (Wildman–Crippen MR) is 104 cm³/mol.